The number of imidazole rings is 1. The highest BCUT2D eigenvalue weighted by Gasteiger charge is 2.23. The van der Waals surface area contributed by atoms with E-state index in [0.717, 1.165) is 58.5 Å². The number of rotatable bonds is 4. The van der Waals surface area contributed by atoms with Crippen molar-refractivity contribution in [3.8, 4) is 27.8 Å². The summed E-state index contributed by atoms with van der Waals surface area (Å²) in [6.45, 7) is 5.93. The van der Waals surface area contributed by atoms with Crippen LogP contribution in [-0.4, -0.2) is 37.8 Å². The van der Waals surface area contributed by atoms with E-state index in [4.69, 9.17) is 9.51 Å². The van der Waals surface area contributed by atoms with E-state index in [0.29, 0.717) is 17.6 Å². The van der Waals surface area contributed by atoms with Gasteiger partial charge in [0, 0.05) is 23.4 Å². The molecule has 0 saturated carbocycles. The Labute approximate surface area is 177 Å². The first-order chi connectivity index (χ1) is 14.6. The van der Waals surface area contributed by atoms with Crippen LogP contribution in [0.3, 0.4) is 0 Å². The zero-order chi connectivity index (χ0) is 20.7. The predicted molar refractivity (Wildman–Crippen MR) is 115 cm³/mol. The first kappa shape index (κ1) is 19.0. The summed E-state index contributed by atoms with van der Waals surface area (Å²) < 4.78 is 7.20. The Hall–Kier alpha value is -3.04. The van der Waals surface area contributed by atoms with Crippen LogP contribution in [0.2, 0.25) is 0 Å². The quantitative estimate of drug-likeness (QED) is 0.523. The average Bonchev–Trinajstić information content (AvgIpc) is 3.48. The maximum absolute atomic E-state index is 12.1. The summed E-state index contributed by atoms with van der Waals surface area (Å²) >= 11 is 1.65. The molecule has 1 aromatic carbocycles. The minimum absolute atomic E-state index is 0.177. The van der Waals surface area contributed by atoms with Gasteiger partial charge in [-0.25, -0.2) is 9.78 Å². The molecule has 5 rings (SSSR count). The Morgan fingerprint density at radius 2 is 2.03 bits per heavy atom. The first-order valence-corrected chi connectivity index (χ1v) is 10.8. The van der Waals surface area contributed by atoms with Crippen molar-refractivity contribution >= 4 is 11.3 Å². The van der Waals surface area contributed by atoms with Gasteiger partial charge in [-0.3, -0.25) is 4.57 Å². The van der Waals surface area contributed by atoms with E-state index in [1.54, 1.807) is 22.1 Å². The van der Waals surface area contributed by atoms with E-state index in [1.165, 1.54) is 0 Å². The Kier molecular flexibility index (Phi) is 4.84. The molecule has 1 fully saturated rings. The monoisotopic (exact) mass is 422 g/mol. The van der Waals surface area contributed by atoms with Crippen LogP contribution in [0.25, 0.3) is 27.8 Å². The molecule has 30 heavy (non-hydrogen) atoms. The lowest BCUT2D eigenvalue weighted by atomic mass is 9.99. The van der Waals surface area contributed by atoms with Crippen LogP contribution >= 0.6 is 11.3 Å². The third-order valence-electron chi connectivity index (χ3n) is 5.44. The maximum Gasteiger partial charge on any atom is 0.330 e. The van der Waals surface area contributed by atoms with Gasteiger partial charge in [0.15, 0.2) is 0 Å². The maximum atomic E-state index is 12.1. The standard InChI is InChI=1S/C21H22N6O2S/c1-12-11-23-21(28)27(12)16-5-3-4-15(10-16)18-25-19(29-26-18)17-13(2)24-20(30-17)14-6-8-22-9-7-14/h3-5,10-11,14,22H,6-9H2,1-2H3,(H,23,28). The van der Waals surface area contributed by atoms with Gasteiger partial charge in [0.1, 0.15) is 4.88 Å². The van der Waals surface area contributed by atoms with Crippen LogP contribution in [0.1, 0.15) is 35.2 Å². The van der Waals surface area contributed by atoms with Crippen LogP contribution < -0.4 is 11.0 Å². The lowest BCUT2D eigenvalue weighted by molar-refractivity contribution is 0.433. The highest BCUT2D eigenvalue weighted by molar-refractivity contribution is 7.15. The summed E-state index contributed by atoms with van der Waals surface area (Å²) in [5.41, 5.74) is 3.12. The predicted octanol–water partition coefficient (Wildman–Crippen LogP) is 3.42. The van der Waals surface area contributed by atoms with Crippen molar-refractivity contribution < 1.29 is 4.52 Å². The summed E-state index contributed by atoms with van der Waals surface area (Å²) in [5.74, 6) is 1.47. The fourth-order valence-corrected chi connectivity index (χ4v) is 5.01. The van der Waals surface area contributed by atoms with Crippen LogP contribution in [0.15, 0.2) is 39.8 Å². The third-order valence-corrected chi connectivity index (χ3v) is 6.75. The van der Waals surface area contributed by atoms with Gasteiger partial charge in [-0.15, -0.1) is 11.3 Å². The van der Waals surface area contributed by atoms with Gasteiger partial charge in [-0.05, 0) is 51.9 Å². The number of piperidine rings is 1. The smallest absolute Gasteiger partial charge is 0.330 e. The number of aromatic nitrogens is 5. The molecule has 0 spiro atoms. The van der Waals surface area contributed by atoms with Crippen LogP contribution in [0.4, 0.5) is 0 Å². The number of benzene rings is 1. The van der Waals surface area contributed by atoms with Crippen LogP contribution in [0, 0.1) is 13.8 Å². The highest BCUT2D eigenvalue weighted by atomic mass is 32.1. The molecule has 1 aliphatic heterocycles. The number of hydrogen-bond acceptors (Lipinski definition) is 7. The number of aromatic amines is 1. The molecule has 2 N–H and O–H groups in total. The van der Waals surface area contributed by atoms with E-state index >= 15 is 0 Å². The molecule has 0 amide bonds. The first-order valence-electron chi connectivity index (χ1n) is 10.00. The van der Waals surface area contributed by atoms with Gasteiger partial charge in [0.05, 0.1) is 16.4 Å². The Balaban J connectivity index is 1.46. The lowest BCUT2D eigenvalue weighted by Gasteiger charge is -2.20. The van der Waals surface area contributed by atoms with Gasteiger partial charge in [0.25, 0.3) is 5.89 Å². The second-order valence-electron chi connectivity index (χ2n) is 7.53. The van der Waals surface area contributed by atoms with E-state index in [1.807, 2.05) is 38.1 Å². The van der Waals surface area contributed by atoms with Crippen molar-refractivity contribution in [3.63, 3.8) is 0 Å². The van der Waals surface area contributed by atoms with Gasteiger partial charge >= 0.3 is 5.69 Å². The molecule has 0 atom stereocenters. The zero-order valence-electron chi connectivity index (χ0n) is 16.8. The van der Waals surface area contributed by atoms with Crippen molar-refractivity contribution in [2.45, 2.75) is 32.6 Å². The minimum Gasteiger partial charge on any atom is -0.333 e. The molecule has 154 valence electrons. The Morgan fingerprint density at radius 3 is 2.80 bits per heavy atom. The molecule has 0 unspecified atom stereocenters. The summed E-state index contributed by atoms with van der Waals surface area (Å²) in [4.78, 5) is 25.1. The molecule has 1 saturated heterocycles. The highest BCUT2D eigenvalue weighted by Crippen LogP contribution is 2.36. The lowest BCUT2D eigenvalue weighted by Crippen LogP contribution is -2.26. The van der Waals surface area contributed by atoms with E-state index in [2.05, 4.69) is 20.4 Å². The second-order valence-corrected chi connectivity index (χ2v) is 8.57. The molecule has 9 heteroatoms. The minimum atomic E-state index is -0.177. The number of hydrogen-bond donors (Lipinski definition) is 2. The fraction of sp³-hybridized carbons (Fsp3) is 0.333. The normalized spacial score (nSPS) is 15.0. The second kappa shape index (κ2) is 7.66. The average molecular weight is 423 g/mol. The third kappa shape index (κ3) is 3.40. The Morgan fingerprint density at radius 1 is 1.20 bits per heavy atom. The van der Waals surface area contributed by atoms with E-state index in [9.17, 15) is 4.79 Å². The zero-order valence-corrected chi connectivity index (χ0v) is 17.6. The SMILES string of the molecule is Cc1nc(C2CCNCC2)sc1-c1nc(-c2cccc(-n3c(C)c[nH]c3=O)c2)no1. The van der Waals surface area contributed by atoms with Gasteiger partial charge in [-0.2, -0.15) is 4.98 Å². The summed E-state index contributed by atoms with van der Waals surface area (Å²) in [7, 11) is 0. The number of aryl methyl sites for hydroxylation is 2. The van der Waals surface area contributed by atoms with Crippen LogP contribution in [-0.2, 0) is 0 Å². The summed E-state index contributed by atoms with van der Waals surface area (Å²) in [5, 5.41) is 8.72. The Bertz CT molecular complexity index is 1240. The summed E-state index contributed by atoms with van der Waals surface area (Å²) in [6, 6.07) is 7.56. The molecular formula is C21H22N6O2S. The molecule has 3 aromatic heterocycles. The van der Waals surface area contributed by atoms with E-state index < -0.39 is 0 Å². The molecule has 0 radical (unpaired) electrons. The number of nitrogens with one attached hydrogen (secondary N) is 2. The topological polar surface area (TPSA) is 102 Å². The van der Waals surface area contributed by atoms with Gasteiger partial charge < -0.3 is 14.8 Å². The van der Waals surface area contributed by atoms with Crippen molar-refractivity contribution in [1.82, 2.24) is 30.0 Å². The molecular weight excluding hydrogens is 400 g/mol. The van der Waals surface area contributed by atoms with Crippen molar-refractivity contribution in [1.29, 1.82) is 0 Å². The van der Waals surface area contributed by atoms with Crippen molar-refractivity contribution in [2.24, 2.45) is 0 Å². The van der Waals surface area contributed by atoms with Crippen molar-refractivity contribution in [2.75, 3.05) is 13.1 Å². The van der Waals surface area contributed by atoms with Gasteiger partial charge in [0.2, 0.25) is 5.82 Å². The van der Waals surface area contributed by atoms with Crippen molar-refractivity contribution in [3.05, 3.63) is 57.3 Å². The summed E-state index contributed by atoms with van der Waals surface area (Å²) in [6.07, 6.45) is 3.90. The molecule has 8 nitrogen and oxygen atoms in total. The number of H-pyrrole nitrogens is 1. The fourth-order valence-electron chi connectivity index (χ4n) is 3.85. The number of thiazole rings is 1. The molecule has 4 heterocycles. The van der Waals surface area contributed by atoms with Crippen LogP contribution in [0.5, 0.6) is 0 Å². The molecule has 1 aliphatic rings. The number of nitrogens with zero attached hydrogens (tertiary/aromatic N) is 4. The van der Waals surface area contributed by atoms with E-state index in [-0.39, 0.29) is 5.69 Å². The largest absolute Gasteiger partial charge is 0.333 e. The molecule has 0 aliphatic carbocycles. The van der Waals surface area contributed by atoms with Gasteiger partial charge in [-0.1, -0.05) is 17.3 Å². The molecule has 0 bridgehead atoms. The molecule has 4 aromatic rings.